The molecule has 0 aromatic heterocycles. The molecule has 1 aliphatic carbocycles. The van der Waals surface area contributed by atoms with Crippen molar-refractivity contribution in [1.29, 1.82) is 0 Å². The number of hydrogen-bond acceptors (Lipinski definition) is 2. The molecule has 0 bridgehead atoms. The van der Waals surface area contributed by atoms with E-state index < -0.39 is 5.97 Å². The highest BCUT2D eigenvalue weighted by molar-refractivity contribution is 6.30. The van der Waals surface area contributed by atoms with Gasteiger partial charge in [-0.05, 0) is 42.5 Å². The third-order valence-electron chi connectivity index (χ3n) is 3.66. The molecule has 1 aliphatic rings. The number of benzene rings is 1. The zero-order valence-corrected chi connectivity index (χ0v) is 11.4. The molecule has 1 saturated carbocycles. The minimum absolute atomic E-state index is 0.170. The largest absolute Gasteiger partial charge is 0.496 e. The molecular weight excluding hydrogens is 252 g/mol. The van der Waals surface area contributed by atoms with Gasteiger partial charge in [0.1, 0.15) is 5.75 Å². The highest BCUT2D eigenvalue weighted by Gasteiger charge is 2.47. The summed E-state index contributed by atoms with van der Waals surface area (Å²) in [6.45, 7) is 2.05. The van der Waals surface area contributed by atoms with Gasteiger partial charge in [0.05, 0.1) is 13.5 Å². The monoisotopic (exact) mass is 268 g/mol. The number of halogens is 1. The Morgan fingerprint density at radius 2 is 2.17 bits per heavy atom. The highest BCUT2D eigenvalue weighted by atomic mass is 35.5. The topological polar surface area (TPSA) is 46.5 Å². The van der Waals surface area contributed by atoms with Crippen LogP contribution >= 0.6 is 11.6 Å². The molecule has 0 spiro atoms. The van der Waals surface area contributed by atoms with Crippen molar-refractivity contribution < 1.29 is 14.6 Å². The summed E-state index contributed by atoms with van der Waals surface area (Å²) < 4.78 is 5.35. The molecule has 2 rings (SSSR count). The number of rotatable bonds is 5. The molecule has 1 aromatic carbocycles. The first-order valence-corrected chi connectivity index (χ1v) is 6.49. The van der Waals surface area contributed by atoms with Gasteiger partial charge in [-0.3, -0.25) is 4.79 Å². The number of carboxylic acids is 1. The molecular formula is C14H17ClO3. The number of hydrogen-bond donors (Lipinski definition) is 1. The van der Waals surface area contributed by atoms with E-state index in [9.17, 15) is 4.79 Å². The van der Waals surface area contributed by atoms with Crippen LogP contribution in [0.1, 0.15) is 37.3 Å². The zero-order chi connectivity index (χ0) is 13.3. The van der Waals surface area contributed by atoms with Crippen LogP contribution in [0.3, 0.4) is 0 Å². The van der Waals surface area contributed by atoms with E-state index in [0.29, 0.717) is 5.02 Å². The summed E-state index contributed by atoms with van der Waals surface area (Å²) in [5, 5.41) is 9.65. The first-order valence-electron chi connectivity index (χ1n) is 6.11. The first kappa shape index (κ1) is 13.2. The van der Waals surface area contributed by atoms with Crippen LogP contribution in [0.2, 0.25) is 5.02 Å². The normalized spacial score (nSPS) is 16.4. The molecule has 18 heavy (non-hydrogen) atoms. The Balaban J connectivity index is 2.49. The van der Waals surface area contributed by atoms with E-state index in [1.165, 1.54) is 0 Å². The maximum absolute atomic E-state index is 11.0. The van der Waals surface area contributed by atoms with Gasteiger partial charge in [-0.25, -0.2) is 0 Å². The smallest absolute Gasteiger partial charge is 0.304 e. The summed E-state index contributed by atoms with van der Waals surface area (Å²) in [6.07, 6.45) is 2.81. The molecule has 1 fully saturated rings. The van der Waals surface area contributed by atoms with Crippen molar-refractivity contribution in [2.45, 2.75) is 38.0 Å². The second-order valence-corrected chi connectivity index (χ2v) is 5.27. The molecule has 0 heterocycles. The van der Waals surface area contributed by atoms with E-state index in [0.717, 1.165) is 36.1 Å². The fourth-order valence-electron chi connectivity index (χ4n) is 2.61. The maximum atomic E-state index is 11.0. The van der Waals surface area contributed by atoms with E-state index in [2.05, 4.69) is 0 Å². The van der Waals surface area contributed by atoms with Crippen LogP contribution in [0, 0.1) is 0 Å². The molecule has 0 unspecified atom stereocenters. The van der Waals surface area contributed by atoms with Gasteiger partial charge in [-0.2, -0.15) is 0 Å². The van der Waals surface area contributed by atoms with Gasteiger partial charge in [-0.1, -0.05) is 18.5 Å². The van der Waals surface area contributed by atoms with Crippen molar-refractivity contribution >= 4 is 17.6 Å². The molecule has 0 aliphatic heterocycles. The van der Waals surface area contributed by atoms with Crippen LogP contribution in [-0.2, 0) is 16.6 Å². The average molecular weight is 269 g/mol. The Bertz CT molecular complexity index is 478. The number of aliphatic carboxylic acids is 1. The summed E-state index contributed by atoms with van der Waals surface area (Å²) >= 11 is 6.10. The van der Waals surface area contributed by atoms with Crippen molar-refractivity contribution in [2.24, 2.45) is 0 Å². The van der Waals surface area contributed by atoms with E-state index >= 15 is 0 Å². The van der Waals surface area contributed by atoms with Crippen LogP contribution < -0.4 is 4.74 Å². The van der Waals surface area contributed by atoms with Gasteiger partial charge in [0.2, 0.25) is 0 Å². The SMILES string of the molecule is CCc1c(OC)cc(Cl)cc1C1(CC(=O)O)CC1. The number of ether oxygens (including phenoxy) is 1. The van der Waals surface area contributed by atoms with Crippen LogP contribution in [0.4, 0.5) is 0 Å². The molecule has 1 aromatic rings. The number of methoxy groups -OCH3 is 1. The van der Waals surface area contributed by atoms with Crippen LogP contribution in [-0.4, -0.2) is 18.2 Å². The lowest BCUT2D eigenvalue weighted by molar-refractivity contribution is -0.137. The summed E-state index contributed by atoms with van der Waals surface area (Å²) in [7, 11) is 1.62. The second-order valence-electron chi connectivity index (χ2n) is 4.84. The Morgan fingerprint density at radius 1 is 1.50 bits per heavy atom. The third kappa shape index (κ3) is 2.32. The molecule has 0 radical (unpaired) electrons. The van der Waals surface area contributed by atoms with Gasteiger partial charge in [-0.15, -0.1) is 0 Å². The minimum atomic E-state index is -0.756. The molecule has 98 valence electrons. The van der Waals surface area contributed by atoms with E-state index in [-0.39, 0.29) is 11.8 Å². The Labute approximate surface area is 112 Å². The molecule has 0 amide bonds. The molecule has 4 heteroatoms. The van der Waals surface area contributed by atoms with Crippen LogP contribution in [0.5, 0.6) is 5.75 Å². The summed E-state index contributed by atoms with van der Waals surface area (Å²) in [4.78, 5) is 11.0. The quantitative estimate of drug-likeness (QED) is 0.890. The van der Waals surface area contributed by atoms with Gasteiger partial charge in [0.15, 0.2) is 0 Å². The van der Waals surface area contributed by atoms with Crippen molar-refractivity contribution in [1.82, 2.24) is 0 Å². The average Bonchev–Trinajstić information content (AvgIpc) is 3.07. The zero-order valence-electron chi connectivity index (χ0n) is 10.6. The standard InChI is InChI=1S/C14H17ClO3/c1-3-10-11(6-9(15)7-12(10)18-2)14(4-5-14)8-13(16)17/h6-7H,3-5,8H2,1-2H3,(H,16,17). The Kier molecular flexibility index (Phi) is 3.53. The minimum Gasteiger partial charge on any atom is -0.496 e. The predicted octanol–water partition coefficient (Wildman–Crippen LogP) is 3.42. The summed E-state index contributed by atoms with van der Waals surface area (Å²) in [5.74, 6) is 0.00478. The lowest BCUT2D eigenvalue weighted by atomic mass is 9.87. The predicted molar refractivity (Wildman–Crippen MR) is 70.5 cm³/mol. The molecule has 3 nitrogen and oxygen atoms in total. The lowest BCUT2D eigenvalue weighted by Crippen LogP contribution is -2.15. The van der Waals surface area contributed by atoms with Gasteiger partial charge < -0.3 is 9.84 Å². The van der Waals surface area contributed by atoms with Crippen LogP contribution in [0.25, 0.3) is 0 Å². The maximum Gasteiger partial charge on any atom is 0.304 e. The van der Waals surface area contributed by atoms with Crippen LogP contribution in [0.15, 0.2) is 12.1 Å². The number of carbonyl (C=O) groups is 1. The van der Waals surface area contributed by atoms with E-state index in [4.69, 9.17) is 21.4 Å². The highest BCUT2D eigenvalue weighted by Crippen LogP contribution is 2.53. The summed E-state index contributed by atoms with van der Waals surface area (Å²) in [6, 6.07) is 3.69. The van der Waals surface area contributed by atoms with Crippen molar-refractivity contribution in [2.75, 3.05) is 7.11 Å². The van der Waals surface area contributed by atoms with Gasteiger partial charge >= 0.3 is 5.97 Å². The Morgan fingerprint density at radius 3 is 2.61 bits per heavy atom. The fourth-order valence-corrected chi connectivity index (χ4v) is 2.82. The van der Waals surface area contributed by atoms with E-state index in [1.807, 2.05) is 13.0 Å². The summed E-state index contributed by atoms with van der Waals surface area (Å²) in [5.41, 5.74) is 1.91. The molecule has 1 N–H and O–H groups in total. The third-order valence-corrected chi connectivity index (χ3v) is 3.88. The molecule has 0 saturated heterocycles. The van der Waals surface area contributed by atoms with E-state index in [1.54, 1.807) is 13.2 Å². The van der Waals surface area contributed by atoms with Crippen molar-refractivity contribution in [3.63, 3.8) is 0 Å². The van der Waals surface area contributed by atoms with Gasteiger partial charge in [0, 0.05) is 10.4 Å². The van der Waals surface area contributed by atoms with Gasteiger partial charge in [0.25, 0.3) is 0 Å². The first-order chi connectivity index (χ1) is 8.52. The van der Waals surface area contributed by atoms with Crippen molar-refractivity contribution in [3.05, 3.63) is 28.3 Å². The fraction of sp³-hybridized carbons (Fsp3) is 0.500. The number of carboxylic acid groups (broad SMARTS) is 1. The Hall–Kier alpha value is -1.22. The second kappa shape index (κ2) is 4.81. The van der Waals surface area contributed by atoms with Crippen molar-refractivity contribution in [3.8, 4) is 5.75 Å². The molecule has 0 atom stereocenters. The lowest BCUT2D eigenvalue weighted by Gasteiger charge is -2.20.